The molecule has 0 bridgehead atoms. The van der Waals surface area contributed by atoms with Crippen molar-refractivity contribution in [3.8, 4) is 11.8 Å². The maximum atomic E-state index is 13.1. The van der Waals surface area contributed by atoms with Gasteiger partial charge in [-0.15, -0.1) is 0 Å². The van der Waals surface area contributed by atoms with E-state index in [-0.39, 0.29) is 10.6 Å². The van der Waals surface area contributed by atoms with E-state index in [2.05, 4.69) is 0 Å². The predicted molar refractivity (Wildman–Crippen MR) is 66.5 cm³/mol. The lowest BCUT2D eigenvalue weighted by Gasteiger charge is -2.08. The van der Waals surface area contributed by atoms with Gasteiger partial charge in [-0.2, -0.15) is 5.26 Å². The third kappa shape index (κ3) is 2.01. The Bertz CT molecular complexity index is 716. The summed E-state index contributed by atoms with van der Waals surface area (Å²) in [6.45, 7) is 1.68. The van der Waals surface area contributed by atoms with Gasteiger partial charge in [-0.3, -0.25) is 9.36 Å². The number of hydrogen-bond acceptors (Lipinski definition) is 2. The third-order valence-corrected chi connectivity index (χ3v) is 2.88. The highest BCUT2D eigenvalue weighted by Crippen LogP contribution is 2.18. The second kappa shape index (κ2) is 4.63. The number of nitrogens with zero attached hydrogens (tertiary/aromatic N) is 2. The highest BCUT2D eigenvalue weighted by Gasteiger charge is 2.09. The van der Waals surface area contributed by atoms with E-state index in [1.54, 1.807) is 13.0 Å². The molecule has 0 fully saturated rings. The first-order valence-electron chi connectivity index (χ1n) is 5.12. The number of pyridine rings is 1. The molecule has 18 heavy (non-hydrogen) atoms. The van der Waals surface area contributed by atoms with E-state index in [9.17, 15) is 9.18 Å². The SMILES string of the molecule is Cc1ccn(-c2ccc(F)c(Cl)c2)c(=O)c1C#N. The normalized spacial score (nSPS) is 10.1. The van der Waals surface area contributed by atoms with Crippen LogP contribution in [0.1, 0.15) is 11.1 Å². The molecule has 0 aliphatic carbocycles. The zero-order valence-electron chi connectivity index (χ0n) is 9.45. The predicted octanol–water partition coefficient (Wildman–Crippen LogP) is 2.81. The average molecular weight is 263 g/mol. The highest BCUT2D eigenvalue weighted by molar-refractivity contribution is 6.30. The molecule has 1 heterocycles. The van der Waals surface area contributed by atoms with Crippen molar-refractivity contribution in [2.75, 3.05) is 0 Å². The van der Waals surface area contributed by atoms with Gasteiger partial charge in [0.25, 0.3) is 5.56 Å². The van der Waals surface area contributed by atoms with E-state index >= 15 is 0 Å². The Morgan fingerprint density at radius 3 is 2.72 bits per heavy atom. The summed E-state index contributed by atoms with van der Waals surface area (Å²) in [6, 6.07) is 7.46. The van der Waals surface area contributed by atoms with Crippen molar-refractivity contribution in [1.29, 1.82) is 5.26 Å². The number of nitriles is 1. The first kappa shape index (κ1) is 12.3. The largest absolute Gasteiger partial charge is 0.283 e. The van der Waals surface area contributed by atoms with Gasteiger partial charge in [0.1, 0.15) is 17.4 Å². The Labute approximate surface area is 108 Å². The van der Waals surface area contributed by atoms with E-state index < -0.39 is 11.4 Å². The molecule has 0 saturated carbocycles. The molecule has 0 amide bonds. The minimum atomic E-state index is -0.555. The van der Waals surface area contributed by atoms with Crippen LogP contribution in [0.3, 0.4) is 0 Å². The van der Waals surface area contributed by atoms with Gasteiger partial charge in [-0.25, -0.2) is 4.39 Å². The standard InChI is InChI=1S/C13H8ClFN2O/c1-8-4-5-17(13(18)10(8)7-16)9-2-3-12(15)11(14)6-9/h2-6H,1H3. The van der Waals surface area contributed by atoms with Crippen LogP contribution in [0.5, 0.6) is 0 Å². The van der Waals surface area contributed by atoms with Crippen LogP contribution < -0.4 is 5.56 Å². The van der Waals surface area contributed by atoms with Gasteiger partial charge in [0, 0.05) is 6.20 Å². The molecule has 5 heteroatoms. The van der Waals surface area contributed by atoms with E-state index in [0.29, 0.717) is 11.3 Å². The van der Waals surface area contributed by atoms with Crippen molar-refractivity contribution < 1.29 is 4.39 Å². The van der Waals surface area contributed by atoms with Gasteiger partial charge in [0.2, 0.25) is 0 Å². The van der Waals surface area contributed by atoms with E-state index in [4.69, 9.17) is 16.9 Å². The van der Waals surface area contributed by atoms with Crippen LogP contribution in [-0.2, 0) is 0 Å². The Kier molecular flexibility index (Phi) is 3.17. The summed E-state index contributed by atoms with van der Waals surface area (Å²) in [6.07, 6.45) is 1.53. The Morgan fingerprint density at radius 2 is 2.11 bits per heavy atom. The molecule has 0 radical (unpaired) electrons. The molecule has 90 valence electrons. The van der Waals surface area contributed by atoms with Gasteiger partial charge in [0.05, 0.1) is 10.7 Å². The summed E-state index contributed by atoms with van der Waals surface area (Å²) in [5.41, 5.74) is 0.646. The second-order valence-corrected chi connectivity index (χ2v) is 4.17. The smallest absolute Gasteiger partial charge is 0.273 e. The molecule has 0 aliphatic rings. The number of aromatic nitrogens is 1. The van der Waals surface area contributed by atoms with E-state index in [1.165, 1.54) is 29.0 Å². The molecule has 0 N–H and O–H groups in total. The van der Waals surface area contributed by atoms with E-state index in [1.807, 2.05) is 6.07 Å². The molecule has 2 aromatic rings. The van der Waals surface area contributed by atoms with Crippen LogP contribution in [0.4, 0.5) is 4.39 Å². The minimum absolute atomic E-state index is 0.0675. The summed E-state index contributed by atoms with van der Waals surface area (Å²) < 4.78 is 14.3. The van der Waals surface area contributed by atoms with Crippen molar-refractivity contribution in [2.45, 2.75) is 6.92 Å². The van der Waals surface area contributed by atoms with Crippen molar-refractivity contribution >= 4 is 11.6 Å². The summed E-state index contributed by atoms with van der Waals surface area (Å²) in [5, 5.41) is 8.85. The van der Waals surface area contributed by atoms with Crippen LogP contribution >= 0.6 is 11.6 Å². The molecule has 0 aliphatic heterocycles. The maximum absolute atomic E-state index is 13.1. The van der Waals surface area contributed by atoms with Crippen LogP contribution in [0.15, 0.2) is 35.3 Å². The summed E-state index contributed by atoms with van der Waals surface area (Å²) in [5.74, 6) is -0.555. The van der Waals surface area contributed by atoms with Gasteiger partial charge >= 0.3 is 0 Å². The molecule has 0 spiro atoms. The van der Waals surface area contributed by atoms with Gasteiger partial charge in [-0.05, 0) is 36.8 Å². The lowest BCUT2D eigenvalue weighted by molar-refractivity contribution is 0.627. The first-order valence-corrected chi connectivity index (χ1v) is 5.50. The highest BCUT2D eigenvalue weighted by atomic mass is 35.5. The molecule has 0 atom stereocenters. The molecule has 1 aromatic carbocycles. The molecule has 1 aromatic heterocycles. The minimum Gasteiger partial charge on any atom is -0.283 e. The summed E-state index contributed by atoms with van der Waals surface area (Å²) in [7, 11) is 0. The van der Waals surface area contributed by atoms with Gasteiger partial charge in [-0.1, -0.05) is 11.6 Å². The summed E-state index contributed by atoms with van der Waals surface area (Å²) in [4.78, 5) is 12.0. The number of benzene rings is 1. The number of hydrogen-bond donors (Lipinski definition) is 0. The molecule has 3 nitrogen and oxygen atoms in total. The Morgan fingerprint density at radius 1 is 1.39 bits per heavy atom. The zero-order valence-corrected chi connectivity index (χ0v) is 10.2. The van der Waals surface area contributed by atoms with Crippen molar-refractivity contribution in [3.63, 3.8) is 0 Å². The monoisotopic (exact) mass is 262 g/mol. The van der Waals surface area contributed by atoms with Gasteiger partial charge < -0.3 is 0 Å². The lowest BCUT2D eigenvalue weighted by Crippen LogP contribution is -2.21. The number of rotatable bonds is 1. The topological polar surface area (TPSA) is 45.8 Å². The van der Waals surface area contributed by atoms with Crippen molar-refractivity contribution in [3.05, 3.63) is 62.8 Å². The molecule has 0 unspecified atom stereocenters. The molecule has 2 rings (SSSR count). The fourth-order valence-electron chi connectivity index (χ4n) is 1.60. The Balaban J connectivity index is 2.69. The van der Waals surface area contributed by atoms with Crippen LogP contribution in [0.25, 0.3) is 5.69 Å². The lowest BCUT2D eigenvalue weighted by atomic mass is 10.1. The molecular formula is C13H8ClFN2O. The fraction of sp³-hybridized carbons (Fsp3) is 0.0769. The third-order valence-electron chi connectivity index (χ3n) is 2.59. The van der Waals surface area contributed by atoms with Crippen LogP contribution in [0, 0.1) is 24.1 Å². The molecule has 0 saturated heterocycles. The maximum Gasteiger partial charge on any atom is 0.273 e. The number of aryl methyl sites for hydroxylation is 1. The van der Waals surface area contributed by atoms with Crippen molar-refractivity contribution in [1.82, 2.24) is 4.57 Å². The summed E-state index contributed by atoms with van der Waals surface area (Å²) >= 11 is 5.67. The number of halogens is 2. The first-order chi connectivity index (χ1) is 8.54. The zero-order chi connectivity index (χ0) is 13.3. The van der Waals surface area contributed by atoms with Crippen LogP contribution in [-0.4, -0.2) is 4.57 Å². The Hall–Kier alpha value is -2.12. The van der Waals surface area contributed by atoms with Crippen molar-refractivity contribution in [2.24, 2.45) is 0 Å². The fourth-order valence-corrected chi connectivity index (χ4v) is 1.78. The van der Waals surface area contributed by atoms with Crippen LogP contribution in [0.2, 0.25) is 5.02 Å². The quantitative estimate of drug-likeness (QED) is 0.793. The molecular weight excluding hydrogens is 255 g/mol. The van der Waals surface area contributed by atoms with E-state index in [0.717, 1.165) is 0 Å². The average Bonchev–Trinajstić information content (AvgIpc) is 2.34. The second-order valence-electron chi connectivity index (χ2n) is 3.76. The van der Waals surface area contributed by atoms with Gasteiger partial charge in [0.15, 0.2) is 0 Å².